The predicted octanol–water partition coefficient (Wildman–Crippen LogP) is -2.45. The molecule has 0 spiro atoms. The fourth-order valence-electron chi connectivity index (χ4n) is 1.89. The first kappa shape index (κ1) is 16.0. The van der Waals surface area contributed by atoms with Crippen LogP contribution < -0.4 is 11.4 Å². The summed E-state index contributed by atoms with van der Waals surface area (Å²) in [6.45, 7) is -0.657. The maximum atomic E-state index is 11.6. The fourth-order valence-corrected chi connectivity index (χ4v) is 2.23. The van der Waals surface area contributed by atoms with Crippen molar-refractivity contribution in [2.24, 2.45) is 0 Å². The number of nitrogen functional groups attached to an aromatic ring is 1. The highest BCUT2D eigenvalue weighted by Gasteiger charge is 2.44. The largest absolute Gasteiger partial charge is 0.469 e. The van der Waals surface area contributed by atoms with Crippen LogP contribution in [0.2, 0.25) is 0 Å². The van der Waals surface area contributed by atoms with E-state index in [0.717, 1.165) is 4.57 Å². The smallest absolute Gasteiger partial charge is 0.387 e. The third-order valence-electron chi connectivity index (χ3n) is 2.87. The van der Waals surface area contributed by atoms with Crippen molar-refractivity contribution in [3.8, 4) is 0 Å². The SMILES string of the molecule is Nc1ccn([C@@H]2O[C@H](COP(=[18O])([18OH])[18OH])[C@@H](O)[C@H]2O)c(=O)n1. The zero-order chi connectivity index (χ0) is 15.8. The van der Waals surface area contributed by atoms with Gasteiger partial charge in [-0.1, -0.05) is 0 Å². The van der Waals surface area contributed by atoms with Crippen molar-refractivity contribution in [2.75, 3.05) is 12.3 Å². The monoisotopic (exact) mass is 329 g/mol. The van der Waals surface area contributed by atoms with Crippen LogP contribution in [-0.2, 0) is 13.8 Å². The van der Waals surface area contributed by atoms with Gasteiger partial charge in [-0.3, -0.25) is 9.09 Å². The minimum absolute atomic E-state index is 0.0225. The van der Waals surface area contributed by atoms with E-state index in [-0.39, 0.29) is 5.82 Å². The molecule has 0 amide bonds. The number of nitrogens with two attached hydrogens (primary N) is 1. The van der Waals surface area contributed by atoms with Gasteiger partial charge in [0.1, 0.15) is 24.1 Å². The number of anilines is 1. The van der Waals surface area contributed by atoms with Gasteiger partial charge in [-0.05, 0) is 6.07 Å². The summed E-state index contributed by atoms with van der Waals surface area (Å²) in [7, 11) is -4.74. The highest BCUT2D eigenvalue weighted by atomic mass is 31.2. The van der Waals surface area contributed by atoms with E-state index in [1.165, 1.54) is 12.3 Å². The van der Waals surface area contributed by atoms with E-state index in [2.05, 4.69) is 9.51 Å². The van der Waals surface area contributed by atoms with Gasteiger partial charge in [-0.2, -0.15) is 4.98 Å². The Bertz CT molecular complexity index is 615. The fraction of sp³-hybridized carbons (Fsp3) is 0.556. The molecule has 4 atom stereocenters. The standard InChI is InChI=1S/C9H14N3O8P/c10-5-1-2-12(9(15)11-5)8-7(14)6(13)4(20-8)3-19-21(16,17)18/h1-2,4,6-8,13-14H,3H2,(H2,10,11,15)(H2,16,17,18)/t4-,6-,7-,8-/m1/s1/i16+2,17+2,18+2. The number of aliphatic hydroxyl groups is 2. The Hall–Kier alpha value is -1.33. The van der Waals surface area contributed by atoms with Crippen LogP contribution in [0.25, 0.3) is 0 Å². The predicted molar refractivity (Wildman–Crippen MR) is 66.8 cm³/mol. The van der Waals surface area contributed by atoms with E-state index >= 15 is 0 Å². The number of hydrogen-bond donors (Lipinski definition) is 5. The molecule has 1 aromatic heterocycles. The van der Waals surface area contributed by atoms with E-state index in [4.69, 9.17) is 20.3 Å². The molecule has 0 aliphatic carbocycles. The van der Waals surface area contributed by atoms with E-state index in [0.29, 0.717) is 0 Å². The molecule has 0 radical (unpaired) electrons. The first-order valence-corrected chi connectivity index (χ1v) is 7.28. The molecule has 21 heavy (non-hydrogen) atoms. The van der Waals surface area contributed by atoms with E-state index in [1.54, 1.807) is 0 Å². The second-order valence-corrected chi connectivity index (χ2v) is 5.61. The molecular formula is C9H14N3O8P. The molecule has 0 aromatic carbocycles. The zero-order valence-corrected chi connectivity index (χ0v) is 11.4. The molecule has 12 heteroatoms. The van der Waals surface area contributed by atoms with Crippen molar-refractivity contribution in [2.45, 2.75) is 24.5 Å². The Kier molecular flexibility index (Phi) is 4.44. The summed E-state index contributed by atoms with van der Waals surface area (Å²) in [5.74, 6) is -0.0225. The molecule has 1 aliphatic rings. The molecule has 6 N–H and O–H groups in total. The lowest BCUT2D eigenvalue weighted by Crippen LogP contribution is -2.36. The first-order chi connectivity index (χ1) is 9.69. The number of rotatable bonds is 4. The molecule has 118 valence electrons. The summed E-state index contributed by atoms with van der Waals surface area (Å²) >= 11 is 0. The van der Waals surface area contributed by atoms with Crippen LogP contribution in [0.3, 0.4) is 0 Å². The van der Waals surface area contributed by atoms with Gasteiger partial charge in [-0.25, -0.2) is 9.36 Å². The molecule has 0 unspecified atom stereocenters. The number of phosphoric ester groups is 1. The molecule has 2 heterocycles. The average Bonchev–Trinajstić information content (AvgIpc) is 2.64. The third kappa shape index (κ3) is 3.66. The van der Waals surface area contributed by atoms with E-state index in [1.807, 2.05) is 0 Å². The summed E-state index contributed by atoms with van der Waals surface area (Å²) in [4.78, 5) is 32.3. The number of phosphoric acid groups is 1. The highest BCUT2D eigenvalue weighted by molar-refractivity contribution is 7.46. The molecule has 1 fully saturated rings. The molecule has 0 bridgehead atoms. The van der Waals surface area contributed by atoms with Crippen molar-refractivity contribution in [1.29, 1.82) is 0 Å². The summed E-state index contributed by atoms with van der Waals surface area (Å²) in [5.41, 5.74) is 4.52. The van der Waals surface area contributed by atoms with Gasteiger partial charge >= 0.3 is 13.5 Å². The summed E-state index contributed by atoms with van der Waals surface area (Å²) in [6, 6.07) is 1.29. The molecule has 1 aliphatic heterocycles. The Morgan fingerprint density at radius 1 is 1.52 bits per heavy atom. The minimum Gasteiger partial charge on any atom is -0.387 e. The minimum atomic E-state index is -4.74. The van der Waals surface area contributed by atoms with Gasteiger partial charge in [0.15, 0.2) is 6.23 Å². The van der Waals surface area contributed by atoms with Gasteiger partial charge < -0.3 is 30.5 Å². The lowest BCUT2D eigenvalue weighted by Gasteiger charge is -2.16. The second kappa shape index (κ2) is 5.81. The maximum Gasteiger partial charge on any atom is 0.469 e. The van der Waals surface area contributed by atoms with Crippen molar-refractivity contribution in [1.82, 2.24) is 9.55 Å². The maximum absolute atomic E-state index is 11.6. The lowest BCUT2D eigenvalue weighted by molar-refractivity contribution is -0.0542. The van der Waals surface area contributed by atoms with Gasteiger partial charge in [0, 0.05) is 6.20 Å². The van der Waals surface area contributed by atoms with Crippen LogP contribution in [0.15, 0.2) is 17.1 Å². The molecule has 0 saturated carbocycles. The summed E-state index contributed by atoms with van der Waals surface area (Å²) in [6.07, 6.45) is -4.27. The van der Waals surface area contributed by atoms with Crippen molar-refractivity contribution < 1.29 is 33.8 Å². The highest BCUT2D eigenvalue weighted by Crippen LogP contribution is 2.38. The van der Waals surface area contributed by atoms with Crippen LogP contribution in [0.5, 0.6) is 0 Å². The third-order valence-corrected chi connectivity index (χ3v) is 3.36. The first-order valence-electron chi connectivity index (χ1n) is 5.75. The lowest BCUT2D eigenvalue weighted by atomic mass is 10.1. The number of aliphatic hydroxyl groups excluding tert-OH is 2. The van der Waals surface area contributed by atoms with Crippen LogP contribution in [0.1, 0.15) is 6.23 Å². The van der Waals surface area contributed by atoms with Gasteiger partial charge in [0.2, 0.25) is 0 Å². The van der Waals surface area contributed by atoms with Gasteiger partial charge in [0.25, 0.3) is 0 Å². The molecule has 11 nitrogen and oxygen atoms in total. The van der Waals surface area contributed by atoms with E-state index in [9.17, 15) is 19.6 Å². The average molecular weight is 329 g/mol. The Balaban J connectivity index is 2.16. The number of nitrogens with zero attached hydrogens (tertiary/aromatic N) is 2. The van der Waals surface area contributed by atoms with Crippen LogP contribution in [0.4, 0.5) is 5.82 Å². The molecule has 1 saturated heterocycles. The Morgan fingerprint density at radius 3 is 2.76 bits per heavy atom. The number of aromatic nitrogens is 2. The van der Waals surface area contributed by atoms with Crippen LogP contribution in [-0.4, -0.2) is 54.5 Å². The van der Waals surface area contributed by atoms with Crippen molar-refractivity contribution >= 4 is 13.6 Å². The Morgan fingerprint density at radius 2 is 2.19 bits per heavy atom. The molecule has 1 aromatic rings. The van der Waals surface area contributed by atoms with Crippen LogP contribution in [0, 0.1) is 0 Å². The Labute approximate surface area is 117 Å². The number of ether oxygens (including phenoxy) is 1. The molecule has 2 rings (SSSR count). The zero-order valence-electron chi connectivity index (χ0n) is 10.5. The topological polar surface area (TPSA) is 177 Å². The second-order valence-electron chi connectivity index (χ2n) is 4.37. The quantitative estimate of drug-likeness (QED) is 0.294. The van der Waals surface area contributed by atoms with Crippen LogP contribution >= 0.6 is 7.82 Å². The van der Waals surface area contributed by atoms with E-state index < -0.39 is 44.7 Å². The summed E-state index contributed by atoms with van der Waals surface area (Å²) < 4.78 is 20.9. The normalized spacial score (nSPS) is 29.7. The number of hydrogen-bond acceptors (Lipinski definition) is 8. The van der Waals surface area contributed by atoms with Crippen molar-refractivity contribution in [3.63, 3.8) is 0 Å². The van der Waals surface area contributed by atoms with Gasteiger partial charge in [0.05, 0.1) is 6.61 Å². The van der Waals surface area contributed by atoms with Crippen molar-refractivity contribution in [3.05, 3.63) is 22.7 Å². The van der Waals surface area contributed by atoms with Gasteiger partial charge in [-0.15, -0.1) is 0 Å². The molecular weight excluding hydrogens is 315 g/mol. The summed E-state index contributed by atoms with van der Waals surface area (Å²) in [5, 5.41) is 19.6.